The highest BCUT2D eigenvalue weighted by Crippen LogP contribution is 2.23. The molecule has 0 saturated heterocycles. The number of rotatable bonds is 9. The van der Waals surface area contributed by atoms with Crippen LogP contribution in [0, 0.1) is 0 Å². The summed E-state index contributed by atoms with van der Waals surface area (Å²) in [4.78, 5) is 17.3. The second kappa shape index (κ2) is 10.0. The summed E-state index contributed by atoms with van der Waals surface area (Å²) >= 11 is 6.03. The summed E-state index contributed by atoms with van der Waals surface area (Å²) in [7, 11) is -1.68. The van der Waals surface area contributed by atoms with Crippen LogP contribution in [-0.2, 0) is 28.3 Å². The Morgan fingerprint density at radius 2 is 1.91 bits per heavy atom. The van der Waals surface area contributed by atoms with Gasteiger partial charge in [0.1, 0.15) is 5.82 Å². The molecule has 0 bridgehead atoms. The van der Waals surface area contributed by atoms with Crippen molar-refractivity contribution in [1.29, 1.82) is 0 Å². The van der Waals surface area contributed by atoms with Crippen LogP contribution in [0.4, 0.5) is 0 Å². The molecule has 1 atom stereocenters. The molecule has 1 aromatic heterocycles. The van der Waals surface area contributed by atoms with Gasteiger partial charge in [0, 0.05) is 38.0 Å². The summed E-state index contributed by atoms with van der Waals surface area (Å²) < 4.78 is 29.0. The smallest absolute Gasteiger partial charge is 0.243 e. The molecular weight excluding hydrogens is 448 g/mol. The number of nitrogens with zero attached hydrogens (tertiary/aromatic N) is 3. The van der Waals surface area contributed by atoms with E-state index in [1.54, 1.807) is 24.3 Å². The van der Waals surface area contributed by atoms with Crippen molar-refractivity contribution in [2.24, 2.45) is 7.05 Å². The van der Waals surface area contributed by atoms with Gasteiger partial charge < -0.3 is 9.88 Å². The molecule has 1 amide bonds. The molecule has 7 nitrogen and oxygen atoms in total. The molecule has 0 spiro atoms. The lowest BCUT2D eigenvalue weighted by Crippen LogP contribution is -2.30. The lowest BCUT2D eigenvalue weighted by atomic mass is 10.1. The highest BCUT2D eigenvalue weighted by atomic mass is 35.5. The van der Waals surface area contributed by atoms with E-state index in [0.717, 1.165) is 16.9 Å². The molecular formula is C23H29ClN4O3S. The fraction of sp³-hybridized carbons (Fsp3) is 0.391. The highest BCUT2D eigenvalue weighted by Gasteiger charge is 2.23. The molecule has 32 heavy (non-hydrogen) atoms. The molecule has 0 aliphatic heterocycles. The van der Waals surface area contributed by atoms with E-state index in [0.29, 0.717) is 30.0 Å². The van der Waals surface area contributed by atoms with Crippen LogP contribution in [0.5, 0.6) is 0 Å². The molecule has 9 heteroatoms. The minimum absolute atomic E-state index is 0.0886. The quantitative estimate of drug-likeness (QED) is 0.504. The van der Waals surface area contributed by atoms with Crippen molar-refractivity contribution in [3.05, 3.63) is 58.9 Å². The van der Waals surface area contributed by atoms with E-state index in [9.17, 15) is 13.2 Å². The maximum absolute atomic E-state index is 12.8. The standard InChI is InChI=1S/C23H29ClN4O3S/c1-5-28(6-2)32(30,31)19-10-11-21-20(15-19)26-22(27(21)4)12-13-23(29)25-16(3)17-8-7-9-18(24)14-17/h7-11,14-16H,5-6,12-13H2,1-4H3,(H,25,29). The minimum Gasteiger partial charge on any atom is -0.350 e. The Labute approximate surface area is 194 Å². The molecule has 1 unspecified atom stereocenters. The lowest BCUT2D eigenvalue weighted by molar-refractivity contribution is -0.121. The summed E-state index contributed by atoms with van der Waals surface area (Å²) in [6, 6.07) is 12.2. The first kappa shape index (κ1) is 24.2. The number of fused-ring (bicyclic) bond motifs is 1. The number of hydrogen-bond donors (Lipinski definition) is 1. The predicted octanol–water partition coefficient (Wildman–Crippen LogP) is 4.07. The van der Waals surface area contributed by atoms with E-state index >= 15 is 0 Å². The Bertz CT molecular complexity index is 1220. The number of aryl methyl sites for hydroxylation is 2. The molecule has 1 heterocycles. The Kier molecular flexibility index (Phi) is 7.59. The molecule has 0 aliphatic carbocycles. The van der Waals surface area contributed by atoms with Gasteiger partial charge >= 0.3 is 0 Å². The third kappa shape index (κ3) is 5.14. The highest BCUT2D eigenvalue weighted by molar-refractivity contribution is 7.89. The van der Waals surface area contributed by atoms with Crippen LogP contribution < -0.4 is 5.32 Å². The number of amides is 1. The Morgan fingerprint density at radius 3 is 2.56 bits per heavy atom. The van der Waals surface area contributed by atoms with Gasteiger partial charge in [0.25, 0.3) is 0 Å². The zero-order chi connectivity index (χ0) is 23.5. The Balaban J connectivity index is 1.72. The molecule has 3 rings (SSSR count). The SMILES string of the molecule is CCN(CC)S(=O)(=O)c1ccc2c(c1)nc(CCC(=O)NC(C)c1cccc(Cl)c1)n2C. The van der Waals surface area contributed by atoms with Crippen LogP contribution in [0.3, 0.4) is 0 Å². The molecule has 2 aromatic carbocycles. The topological polar surface area (TPSA) is 84.3 Å². The van der Waals surface area contributed by atoms with Gasteiger partial charge in [-0.05, 0) is 42.8 Å². The fourth-order valence-electron chi connectivity index (χ4n) is 3.72. The zero-order valence-corrected chi connectivity index (χ0v) is 20.4. The van der Waals surface area contributed by atoms with Crippen molar-refractivity contribution in [3.63, 3.8) is 0 Å². The van der Waals surface area contributed by atoms with Crippen molar-refractivity contribution in [2.75, 3.05) is 13.1 Å². The first-order valence-electron chi connectivity index (χ1n) is 10.7. The van der Waals surface area contributed by atoms with Crippen LogP contribution in [-0.4, -0.2) is 41.3 Å². The van der Waals surface area contributed by atoms with Crippen molar-refractivity contribution in [3.8, 4) is 0 Å². The number of halogens is 1. The van der Waals surface area contributed by atoms with Crippen LogP contribution in [0.15, 0.2) is 47.4 Å². The predicted molar refractivity (Wildman–Crippen MR) is 127 cm³/mol. The number of carbonyl (C=O) groups is 1. The van der Waals surface area contributed by atoms with E-state index in [1.165, 1.54) is 4.31 Å². The monoisotopic (exact) mass is 476 g/mol. The molecule has 0 radical (unpaired) electrons. The second-order valence-corrected chi connectivity index (χ2v) is 10.0. The van der Waals surface area contributed by atoms with E-state index in [-0.39, 0.29) is 23.3 Å². The minimum atomic E-state index is -3.55. The van der Waals surface area contributed by atoms with Gasteiger partial charge in [-0.15, -0.1) is 0 Å². The van der Waals surface area contributed by atoms with Gasteiger partial charge in [0.2, 0.25) is 15.9 Å². The number of benzene rings is 2. The second-order valence-electron chi connectivity index (χ2n) is 7.67. The average molecular weight is 477 g/mol. The van der Waals surface area contributed by atoms with E-state index in [2.05, 4.69) is 10.3 Å². The van der Waals surface area contributed by atoms with Crippen LogP contribution in [0.25, 0.3) is 11.0 Å². The van der Waals surface area contributed by atoms with Crippen molar-refractivity contribution < 1.29 is 13.2 Å². The first-order chi connectivity index (χ1) is 15.2. The van der Waals surface area contributed by atoms with Crippen molar-refractivity contribution >= 4 is 38.6 Å². The number of carbonyl (C=O) groups excluding carboxylic acids is 1. The maximum Gasteiger partial charge on any atom is 0.243 e. The van der Waals surface area contributed by atoms with Crippen LogP contribution >= 0.6 is 11.6 Å². The first-order valence-corrected chi connectivity index (χ1v) is 12.5. The van der Waals surface area contributed by atoms with E-state index in [1.807, 2.05) is 50.6 Å². The third-order valence-corrected chi connectivity index (χ3v) is 7.87. The molecule has 172 valence electrons. The third-order valence-electron chi connectivity index (χ3n) is 5.59. The van der Waals surface area contributed by atoms with Crippen LogP contribution in [0.2, 0.25) is 5.02 Å². The average Bonchev–Trinajstić information content (AvgIpc) is 3.08. The largest absolute Gasteiger partial charge is 0.350 e. The summed E-state index contributed by atoms with van der Waals surface area (Å²) in [5, 5.41) is 3.61. The van der Waals surface area contributed by atoms with Gasteiger partial charge in [-0.1, -0.05) is 37.6 Å². The summed E-state index contributed by atoms with van der Waals surface area (Å²) in [5.74, 6) is 0.636. The van der Waals surface area contributed by atoms with Gasteiger partial charge in [0.15, 0.2) is 0 Å². The lowest BCUT2D eigenvalue weighted by Gasteiger charge is -2.18. The number of aromatic nitrogens is 2. The summed E-state index contributed by atoms with van der Waals surface area (Å²) in [6.45, 7) is 6.37. The number of hydrogen-bond acceptors (Lipinski definition) is 4. The fourth-order valence-corrected chi connectivity index (χ4v) is 5.40. The molecule has 1 N–H and O–H groups in total. The van der Waals surface area contributed by atoms with Gasteiger partial charge in [-0.25, -0.2) is 13.4 Å². The normalized spacial score (nSPS) is 12.9. The summed E-state index contributed by atoms with van der Waals surface area (Å²) in [6.07, 6.45) is 0.712. The molecule has 3 aromatic rings. The van der Waals surface area contributed by atoms with Crippen LogP contribution in [0.1, 0.15) is 44.6 Å². The van der Waals surface area contributed by atoms with Gasteiger partial charge in [-0.2, -0.15) is 4.31 Å². The maximum atomic E-state index is 12.8. The number of imidazole rings is 1. The van der Waals surface area contributed by atoms with Gasteiger partial charge in [0.05, 0.1) is 22.0 Å². The van der Waals surface area contributed by atoms with Crippen molar-refractivity contribution in [1.82, 2.24) is 19.2 Å². The Hall–Kier alpha value is -2.42. The molecule has 0 saturated carbocycles. The molecule has 0 fully saturated rings. The van der Waals surface area contributed by atoms with Gasteiger partial charge in [-0.3, -0.25) is 4.79 Å². The Morgan fingerprint density at radius 1 is 1.19 bits per heavy atom. The molecule has 0 aliphatic rings. The zero-order valence-electron chi connectivity index (χ0n) is 18.8. The number of nitrogens with one attached hydrogen (secondary N) is 1. The number of sulfonamides is 1. The van der Waals surface area contributed by atoms with E-state index in [4.69, 9.17) is 11.6 Å². The summed E-state index contributed by atoms with van der Waals surface area (Å²) in [5.41, 5.74) is 2.37. The van der Waals surface area contributed by atoms with Crippen molar-refractivity contribution in [2.45, 2.75) is 44.6 Å². The van der Waals surface area contributed by atoms with E-state index < -0.39 is 10.0 Å².